The standard InChI is InChI=1S/C32H33Cl2N5O4/c1-18-16-36-39(2)32(42)27(18)30(41)37-25-12-7-9-21(29(25)34)20-8-6-10-22(28(20)33)23-15-14-19(31(38-23)43-3)17-35-24-11-4-5-13-26(24)40/h6-10,12,14-16,24,26,35,40H,4-5,11,13,17H2,1-3H3,(H,37,41)/t24-,26+/m1/s1. The molecule has 1 fully saturated rings. The second-order valence-electron chi connectivity index (χ2n) is 10.6. The number of hydrogen-bond donors (Lipinski definition) is 3. The van der Waals surface area contributed by atoms with Crippen molar-refractivity contribution in [2.75, 3.05) is 12.4 Å². The number of aromatic nitrogens is 3. The van der Waals surface area contributed by atoms with Crippen LogP contribution in [-0.2, 0) is 13.6 Å². The van der Waals surface area contributed by atoms with E-state index in [0.717, 1.165) is 35.9 Å². The summed E-state index contributed by atoms with van der Waals surface area (Å²) in [7, 11) is 3.06. The third-order valence-corrected chi connectivity index (χ3v) is 8.60. The second-order valence-corrected chi connectivity index (χ2v) is 11.4. The first-order valence-corrected chi connectivity index (χ1v) is 14.8. The highest BCUT2D eigenvalue weighted by Gasteiger charge is 2.23. The maximum absolute atomic E-state index is 13.1. The zero-order valence-electron chi connectivity index (χ0n) is 24.2. The van der Waals surface area contributed by atoms with Gasteiger partial charge in [0.15, 0.2) is 0 Å². The minimum Gasteiger partial charge on any atom is -0.481 e. The lowest BCUT2D eigenvalue weighted by Gasteiger charge is -2.28. The molecule has 0 unspecified atom stereocenters. The molecule has 0 saturated heterocycles. The average molecular weight is 623 g/mol. The minimum atomic E-state index is -0.580. The molecule has 0 bridgehead atoms. The molecule has 43 heavy (non-hydrogen) atoms. The number of methoxy groups -OCH3 is 1. The third kappa shape index (κ3) is 6.45. The number of hydrogen-bond acceptors (Lipinski definition) is 7. The van der Waals surface area contributed by atoms with Gasteiger partial charge in [0.05, 0.1) is 40.8 Å². The summed E-state index contributed by atoms with van der Waals surface area (Å²) in [5, 5.41) is 21.2. The summed E-state index contributed by atoms with van der Waals surface area (Å²) in [4.78, 5) is 30.4. The predicted molar refractivity (Wildman–Crippen MR) is 169 cm³/mol. The highest BCUT2D eigenvalue weighted by Crippen LogP contribution is 2.41. The van der Waals surface area contributed by atoms with Crippen LogP contribution in [0.1, 0.15) is 47.2 Å². The number of carbonyl (C=O) groups excluding carboxylic acids is 1. The predicted octanol–water partition coefficient (Wildman–Crippen LogP) is 5.78. The van der Waals surface area contributed by atoms with Crippen LogP contribution in [0.3, 0.4) is 0 Å². The van der Waals surface area contributed by atoms with Gasteiger partial charge in [0.1, 0.15) is 5.56 Å². The number of amides is 1. The quantitative estimate of drug-likeness (QED) is 0.228. The number of pyridine rings is 1. The van der Waals surface area contributed by atoms with Gasteiger partial charge in [0, 0.05) is 41.9 Å². The summed E-state index contributed by atoms with van der Waals surface area (Å²) < 4.78 is 6.73. The number of benzene rings is 2. The van der Waals surface area contributed by atoms with E-state index in [1.807, 2.05) is 36.4 Å². The summed E-state index contributed by atoms with van der Waals surface area (Å²) in [6.07, 6.45) is 5.01. The number of aliphatic hydroxyl groups is 1. The van der Waals surface area contributed by atoms with Gasteiger partial charge in [-0.2, -0.15) is 5.10 Å². The van der Waals surface area contributed by atoms with Crippen LogP contribution in [0.4, 0.5) is 5.69 Å². The summed E-state index contributed by atoms with van der Waals surface area (Å²) >= 11 is 13.8. The van der Waals surface area contributed by atoms with Gasteiger partial charge in [-0.25, -0.2) is 9.67 Å². The first kappa shape index (κ1) is 30.7. The molecule has 5 rings (SSSR count). The number of aliphatic hydroxyl groups excluding tert-OH is 1. The molecular formula is C32H33Cl2N5O4. The molecule has 11 heteroatoms. The van der Waals surface area contributed by atoms with Gasteiger partial charge in [0.25, 0.3) is 11.5 Å². The Hall–Kier alpha value is -3.76. The normalized spacial score (nSPS) is 16.6. The van der Waals surface area contributed by atoms with Gasteiger partial charge < -0.3 is 20.5 Å². The van der Waals surface area contributed by atoms with E-state index >= 15 is 0 Å². The van der Waals surface area contributed by atoms with Crippen molar-refractivity contribution in [3.8, 4) is 28.3 Å². The van der Waals surface area contributed by atoms with Crippen molar-refractivity contribution >= 4 is 34.8 Å². The van der Waals surface area contributed by atoms with E-state index in [1.165, 1.54) is 13.2 Å². The van der Waals surface area contributed by atoms with Crippen molar-refractivity contribution in [3.63, 3.8) is 0 Å². The van der Waals surface area contributed by atoms with Crippen molar-refractivity contribution in [2.45, 2.75) is 51.3 Å². The molecule has 0 spiro atoms. The Labute approximate surface area is 259 Å². The molecule has 4 aromatic rings. The van der Waals surface area contributed by atoms with E-state index < -0.39 is 11.5 Å². The van der Waals surface area contributed by atoms with Crippen LogP contribution in [0.5, 0.6) is 5.88 Å². The lowest BCUT2D eigenvalue weighted by atomic mass is 9.92. The molecule has 2 aromatic carbocycles. The van der Waals surface area contributed by atoms with Crippen molar-refractivity contribution in [1.29, 1.82) is 0 Å². The van der Waals surface area contributed by atoms with Gasteiger partial charge in [-0.1, -0.05) is 72.4 Å². The molecule has 2 aromatic heterocycles. The molecule has 1 aliphatic rings. The number of rotatable bonds is 8. The number of halogens is 2. The van der Waals surface area contributed by atoms with Crippen molar-refractivity contribution < 1.29 is 14.6 Å². The number of nitrogens with one attached hydrogen (secondary N) is 2. The van der Waals surface area contributed by atoms with Crippen LogP contribution < -0.4 is 20.9 Å². The van der Waals surface area contributed by atoms with Crippen molar-refractivity contribution in [2.24, 2.45) is 7.05 Å². The SMILES string of the molecule is COc1nc(-c2cccc(-c3cccc(NC(=O)c4c(C)cnn(C)c4=O)c3Cl)c2Cl)ccc1CN[C@@H]1CCCC[C@@H]1O. The lowest BCUT2D eigenvalue weighted by Crippen LogP contribution is -2.41. The van der Waals surface area contributed by atoms with Crippen molar-refractivity contribution in [3.05, 3.63) is 91.8 Å². The molecule has 1 aliphatic carbocycles. The number of carbonyl (C=O) groups is 1. The van der Waals surface area contributed by atoms with Gasteiger partial charge in [0.2, 0.25) is 5.88 Å². The summed E-state index contributed by atoms with van der Waals surface area (Å²) in [6.45, 7) is 2.17. The van der Waals surface area contributed by atoms with Crippen LogP contribution >= 0.6 is 23.2 Å². The van der Waals surface area contributed by atoms with Gasteiger partial charge in [-0.05, 0) is 37.5 Å². The molecular weight excluding hydrogens is 589 g/mol. The van der Waals surface area contributed by atoms with Crippen molar-refractivity contribution in [1.82, 2.24) is 20.1 Å². The first-order chi connectivity index (χ1) is 20.7. The minimum absolute atomic E-state index is 0.00686. The fourth-order valence-electron chi connectivity index (χ4n) is 5.38. The number of ether oxygens (including phenoxy) is 1. The van der Waals surface area contributed by atoms with Crippen LogP contribution in [0.2, 0.25) is 10.0 Å². The van der Waals surface area contributed by atoms with Crippen LogP contribution in [0.15, 0.2) is 59.5 Å². The maximum Gasteiger partial charge on any atom is 0.279 e. The van der Waals surface area contributed by atoms with Crippen LogP contribution in [0, 0.1) is 6.92 Å². The van der Waals surface area contributed by atoms with E-state index in [-0.39, 0.29) is 22.7 Å². The molecule has 3 N–H and O–H groups in total. The monoisotopic (exact) mass is 621 g/mol. The maximum atomic E-state index is 13.1. The molecule has 1 saturated carbocycles. The summed E-state index contributed by atoms with van der Waals surface area (Å²) in [6, 6.07) is 14.7. The van der Waals surface area contributed by atoms with Gasteiger partial charge >= 0.3 is 0 Å². The molecule has 0 radical (unpaired) electrons. The first-order valence-electron chi connectivity index (χ1n) is 14.1. The van der Waals surface area contributed by atoms with E-state index in [1.54, 1.807) is 26.2 Å². The summed E-state index contributed by atoms with van der Waals surface area (Å²) in [5.41, 5.74) is 3.71. The van der Waals surface area contributed by atoms with E-state index in [4.69, 9.17) is 32.9 Å². The number of anilines is 1. The summed E-state index contributed by atoms with van der Waals surface area (Å²) in [5.74, 6) is -0.111. The average Bonchev–Trinajstić information content (AvgIpc) is 3.00. The van der Waals surface area contributed by atoms with E-state index in [9.17, 15) is 14.7 Å². The Bertz CT molecular complexity index is 1720. The van der Waals surface area contributed by atoms with E-state index in [2.05, 4.69) is 15.7 Å². The molecule has 2 heterocycles. The highest BCUT2D eigenvalue weighted by molar-refractivity contribution is 6.39. The molecule has 224 valence electrons. The smallest absolute Gasteiger partial charge is 0.279 e. The van der Waals surface area contributed by atoms with E-state index in [0.29, 0.717) is 51.1 Å². The zero-order valence-corrected chi connectivity index (χ0v) is 25.7. The Morgan fingerprint density at radius 3 is 2.49 bits per heavy atom. The Balaban J connectivity index is 1.42. The Morgan fingerprint density at radius 2 is 1.74 bits per heavy atom. The highest BCUT2D eigenvalue weighted by atomic mass is 35.5. The van der Waals surface area contributed by atoms with Gasteiger partial charge in [-0.3, -0.25) is 9.59 Å². The fourth-order valence-corrected chi connectivity index (χ4v) is 5.98. The van der Waals surface area contributed by atoms with Gasteiger partial charge in [-0.15, -0.1) is 0 Å². The Kier molecular flexibility index (Phi) is 9.46. The largest absolute Gasteiger partial charge is 0.481 e. The van der Waals surface area contributed by atoms with Crippen LogP contribution in [-0.4, -0.2) is 45.0 Å². The molecule has 1 amide bonds. The zero-order chi connectivity index (χ0) is 30.7. The topological polar surface area (TPSA) is 118 Å². The van der Waals surface area contributed by atoms with Crippen LogP contribution in [0.25, 0.3) is 22.4 Å². The third-order valence-electron chi connectivity index (χ3n) is 7.78. The lowest BCUT2D eigenvalue weighted by molar-refractivity contribution is 0.0901. The Morgan fingerprint density at radius 1 is 1.05 bits per heavy atom. The molecule has 0 aliphatic heterocycles. The molecule has 9 nitrogen and oxygen atoms in total. The second kappa shape index (κ2) is 13.3. The fraction of sp³-hybridized carbons (Fsp3) is 0.312. The number of aryl methyl sites for hydroxylation is 2. The number of nitrogens with zero attached hydrogens (tertiary/aromatic N) is 3. The molecule has 2 atom stereocenters.